The average Bonchev–Trinajstić information content (AvgIpc) is 2.88. The first-order chi connectivity index (χ1) is 16.2. The molecule has 0 bridgehead atoms. The monoisotopic (exact) mass is 435 g/mol. The smallest absolute Gasteiger partial charge is 0.255 e. The van der Waals surface area contributed by atoms with Crippen molar-refractivity contribution in [1.29, 1.82) is 0 Å². The fourth-order valence-electron chi connectivity index (χ4n) is 3.54. The summed E-state index contributed by atoms with van der Waals surface area (Å²) in [5.41, 5.74) is 5.48. The zero-order chi connectivity index (χ0) is 23.0. The minimum Gasteiger partial charge on any atom is -0.493 e. The number of rotatable bonds is 8. The lowest BCUT2D eigenvalue weighted by Gasteiger charge is -2.13. The van der Waals surface area contributed by atoms with Crippen LogP contribution in [0.2, 0.25) is 0 Å². The van der Waals surface area contributed by atoms with E-state index in [4.69, 9.17) is 9.47 Å². The quantitative estimate of drug-likeness (QED) is 0.330. The van der Waals surface area contributed by atoms with E-state index in [-0.39, 0.29) is 5.91 Å². The molecule has 0 fully saturated rings. The highest BCUT2D eigenvalue weighted by Gasteiger charge is 2.12. The van der Waals surface area contributed by atoms with Crippen molar-refractivity contribution in [3.63, 3.8) is 0 Å². The van der Waals surface area contributed by atoms with Crippen LogP contribution in [0.25, 0.3) is 17.2 Å². The Kier molecular flexibility index (Phi) is 6.86. The molecular weight excluding hydrogens is 410 g/mol. The molecule has 0 aromatic heterocycles. The second-order valence-electron chi connectivity index (χ2n) is 7.46. The highest BCUT2D eigenvalue weighted by Crippen LogP contribution is 2.30. The zero-order valence-electron chi connectivity index (χ0n) is 18.5. The maximum Gasteiger partial charge on any atom is 0.255 e. The molecule has 164 valence electrons. The van der Waals surface area contributed by atoms with Crippen LogP contribution < -0.4 is 14.8 Å². The maximum absolute atomic E-state index is 12.8. The Morgan fingerprint density at radius 1 is 0.879 bits per heavy atom. The third kappa shape index (κ3) is 5.31. The number of benzene rings is 4. The average molecular weight is 436 g/mol. The van der Waals surface area contributed by atoms with E-state index in [2.05, 4.69) is 18.0 Å². The van der Waals surface area contributed by atoms with Crippen molar-refractivity contribution >= 4 is 17.7 Å². The zero-order valence-corrected chi connectivity index (χ0v) is 18.5. The first kappa shape index (κ1) is 21.9. The predicted octanol–water partition coefficient (Wildman–Crippen LogP) is 6.84. The predicted molar refractivity (Wildman–Crippen MR) is 134 cm³/mol. The number of carbonyl (C=O) groups excluding carboxylic acids is 1. The molecule has 0 radical (unpaired) electrons. The van der Waals surface area contributed by atoms with Gasteiger partial charge in [0.15, 0.2) is 11.5 Å². The molecule has 0 saturated heterocycles. The summed E-state index contributed by atoms with van der Waals surface area (Å²) in [6, 6.07) is 30.9. The number of hydrogen-bond donors (Lipinski definition) is 1. The van der Waals surface area contributed by atoms with E-state index in [1.807, 2.05) is 78.9 Å². The van der Waals surface area contributed by atoms with Crippen molar-refractivity contribution in [2.45, 2.75) is 6.61 Å². The highest BCUT2D eigenvalue weighted by molar-refractivity contribution is 6.04. The second-order valence-corrected chi connectivity index (χ2v) is 7.46. The van der Waals surface area contributed by atoms with Crippen molar-refractivity contribution < 1.29 is 14.3 Å². The fourth-order valence-corrected chi connectivity index (χ4v) is 3.54. The summed E-state index contributed by atoms with van der Waals surface area (Å²) in [5, 5.41) is 2.94. The summed E-state index contributed by atoms with van der Waals surface area (Å²) < 4.78 is 11.3. The second kappa shape index (κ2) is 10.3. The van der Waals surface area contributed by atoms with Gasteiger partial charge in [-0.2, -0.15) is 0 Å². The number of amides is 1. The number of methoxy groups -OCH3 is 1. The van der Waals surface area contributed by atoms with Gasteiger partial charge in [-0.15, -0.1) is 0 Å². The van der Waals surface area contributed by atoms with Gasteiger partial charge in [0.2, 0.25) is 0 Å². The van der Waals surface area contributed by atoms with Gasteiger partial charge in [-0.3, -0.25) is 4.79 Å². The highest BCUT2D eigenvalue weighted by atomic mass is 16.5. The summed E-state index contributed by atoms with van der Waals surface area (Å²) in [5.74, 6) is 0.875. The summed E-state index contributed by atoms with van der Waals surface area (Å²) in [6.07, 6.45) is 1.84. The van der Waals surface area contributed by atoms with Crippen molar-refractivity contribution in [2.75, 3.05) is 12.4 Å². The Balaban J connectivity index is 1.45. The minimum absolute atomic E-state index is 0.220. The van der Waals surface area contributed by atoms with Gasteiger partial charge in [0.05, 0.1) is 7.11 Å². The van der Waals surface area contributed by atoms with E-state index in [1.54, 1.807) is 25.3 Å². The SMILES string of the molecule is C=Cc1ccccc1-c1ccc(NC(=O)c2ccc(OCc3ccccc3)c(OC)c2)cc1. The topological polar surface area (TPSA) is 47.6 Å². The molecule has 4 rings (SSSR count). The van der Waals surface area contributed by atoms with Gasteiger partial charge in [0.1, 0.15) is 6.61 Å². The van der Waals surface area contributed by atoms with E-state index in [9.17, 15) is 4.79 Å². The van der Waals surface area contributed by atoms with E-state index >= 15 is 0 Å². The third-order valence-electron chi connectivity index (χ3n) is 5.30. The van der Waals surface area contributed by atoms with Gasteiger partial charge in [-0.25, -0.2) is 0 Å². The Hall–Kier alpha value is -4.31. The summed E-state index contributed by atoms with van der Waals surface area (Å²) in [6.45, 7) is 4.30. The van der Waals surface area contributed by atoms with E-state index in [0.29, 0.717) is 29.4 Å². The molecule has 0 aliphatic heterocycles. The van der Waals surface area contributed by atoms with Crippen molar-refractivity contribution in [3.8, 4) is 22.6 Å². The molecule has 4 nitrogen and oxygen atoms in total. The van der Waals surface area contributed by atoms with Crippen LogP contribution in [0, 0.1) is 0 Å². The molecule has 4 aromatic carbocycles. The standard InChI is InChI=1S/C29H25NO3/c1-3-22-11-7-8-12-26(22)23-13-16-25(17-14-23)30-29(31)24-15-18-27(28(19-24)32-2)33-20-21-9-5-4-6-10-21/h3-19H,1,20H2,2H3,(H,30,31). The van der Waals surface area contributed by atoms with Crippen LogP contribution in [-0.2, 0) is 6.61 Å². The molecule has 0 saturated carbocycles. The van der Waals surface area contributed by atoms with Gasteiger partial charge in [-0.1, -0.05) is 79.4 Å². The molecule has 1 amide bonds. The van der Waals surface area contributed by atoms with Crippen molar-refractivity contribution in [3.05, 3.63) is 120 Å². The van der Waals surface area contributed by atoms with E-state index in [0.717, 1.165) is 22.3 Å². The molecule has 0 heterocycles. The number of nitrogens with one attached hydrogen (secondary N) is 1. The van der Waals surface area contributed by atoms with E-state index < -0.39 is 0 Å². The van der Waals surface area contributed by atoms with Crippen molar-refractivity contribution in [1.82, 2.24) is 0 Å². The Labute approximate surface area is 194 Å². The number of hydrogen-bond acceptors (Lipinski definition) is 3. The summed E-state index contributed by atoms with van der Waals surface area (Å²) in [4.78, 5) is 12.8. The Morgan fingerprint density at radius 2 is 1.61 bits per heavy atom. The largest absolute Gasteiger partial charge is 0.493 e. The molecular formula is C29H25NO3. The number of anilines is 1. The summed E-state index contributed by atoms with van der Waals surface area (Å²) in [7, 11) is 1.56. The van der Waals surface area contributed by atoms with E-state index in [1.165, 1.54) is 0 Å². The van der Waals surface area contributed by atoms with Gasteiger partial charge in [-0.05, 0) is 52.6 Å². The third-order valence-corrected chi connectivity index (χ3v) is 5.30. The molecule has 33 heavy (non-hydrogen) atoms. The summed E-state index contributed by atoms with van der Waals surface area (Å²) >= 11 is 0. The van der Waals surface area contributed by atoms with Gasteiger partial charge in [0, 0.05) is 11.3 Å². The van der Waals surface area contributed by atoms with Gasteiger partial charge >= 0.3 is 0 Å². The molecule has 4 heteroatoms. The van der Waals surface area contributed by atoms with Crippen LogP contribution in [0.1, 0.15) is 21.5 Å². The first-order valence-corrected chi connectivity index (χ1v) is 10.7. The van der Waals surface area contributed by atoms with Crippen LogP contribution in [0.4, 0.5) is 5.69 Å². The molecule has 1 N–H and O–H groups in total. The van der Waals surface area contributed by atoms with Crippen LogP contribution in [0.3, 0.4) is 0 Å². The lowest BCUT2D eigenvalue weighted by molar-refractivity contribution is 0.102. The van der Waals surface area contributed by atoms with Crippen LogP contribution in [-0.4, -0.2) is 13.0 Å². The van der Waals surface area contributed by atoms with Crippen LogP contribution >= 0.6 is 0 Å². The lowest BCUT2D eigenvalue weighted by atomic mass is 9.99. The van der Waals surface area contributed by atoms with Crippen LogP contribution in [0.15, 0.2) is 104 Å². The Morgan fingerprint density at radius 3 is 2.33 bits per heavy atom. The Bertz CT molecular complexity index is 1250. The minimum atomic E-state index is -0.220. The normalized spacial score (nSPS) is 10.3. The first-order valence-electron chi connectivity index (χ1n) is 10.7. The molecule has 4 aromatic rings. The molecule has 0 aliphatic rings. The molecule has 0 aliphatic carbocycles. The molecule has 0 spiro atoms. The van der Waals surface area contributed by atoms with Gasteiger partial charge in [0.25, 0.3) is 5.91 Å². The van der Waals surface area contributed by atoms with Crippen molar-refractivity contribution in [2.24, 2.45) is 0 Å². The fraction of sp³-hybridized carbons (Fsp3) is 0.0690. The maximum atomic E-state index is 12.8. The number of ether oxygens (including phenoxy) is 2. The van der Waals surface area contributed by atoms with Gasteiger partial charge < -0.3 is 14.8 Å². The molecule has 0 unspecified atom stereocenters. The molecule has 0 atom stereocenters. The number of carbonyl (C=O) groups is 1. The van der Waals surface area contributed by atoms with Crippen LogP contribution in [0.5, 0.6) is 11.5 Å². The lowest BCUT2D eigenvalue weighted by Crippen LogP contribution is -2.12.